The molecule has 0 saturated carbocycles. The number of nitrogens with zero attached hydrogens (tertiary/aromatic N) is 5. The minimum atomic E-state index is -4.51. The Morgan fingerprint density at radius 1 is 1.10 bits per heavy atom. The molecule has 6 nitrogen and oxygen atoms in total. The van der Waals surface area contributed by atoms with Crippen molar-refractivity contribution in [3.8, 4) is 17.3 Å². The van der Waals surface area contributed by atoms with Crippen molar-refractivity contribution in [2.45, 2.75) is 12.8 Å². The highest BCUT2D eigenvalue weighted by molar-refractivity contribution is 6.28. The summed E-state index contributed by atoms with van der Waals surface area (Å²) >= 11 is 5.86. The quantitative estimate of drug-likeness (QED) is 0.338. The first kappa shape index (κ1) is 20.0. The predicted octanol–water partition coefficient (Wildman–Crippen LogP) is 4.82. The van der Waals surface area contributed by atoms with Gasteiger partial charge in [-0.3, -0.25) is 0 Å². The van der Waals surface area contributed by atoms with Gasteiger partial charge in [-0.2, -0.15) is 23.1 Å². The molecular weight excluding hydrogens is 426 g/mol. The molecule has 0 atom stereocenters. The van der Waals surface area contributed by atoms with Crippen molar-refractivity contribution in [3.63, 3.8) is 0 Å². The SMILES string of the molecule is Cn1cc(C(F)(F)F)nc1-c1ccc(COc2nc(Cl)nc3ncc(F)cc23)cc1. The number of alkyl halides is 3. The molecule has 0 fully saturated rings. The van der Waals surface area contributed by atoms with Gasteiger partial charge >= 0.3 is 6.18 Å². The zero-order valence-corrected chi connectivity index (χ0v) is 16.0. The van der Waals surface area contributed by atoms with Gasteiger partial charge in [0.15, 0.2) is 11.3 Å². The summed E-state index contributed by atoms with van der Waals surface area (Å²) in [6, 6.07) is 7.82. The molecule has 0 unspecified atom stereocenters. The van der Waals surface area contributed by atoms with Gasteiger partial charge in [-0.05, 0) is 23.2 Å². The van der Waals surface area contributed by atoms with E-state index in [1.54, 1.807) is 24.3 Å². The number of imidazole rings is 1. The maximum absolute atomic E-state index is 13.5. The van der Waals surface area contributed by atoms with E-state index in [2.05, 4.69) is 19.9 Å². The average molecular weight is 438 g/mol. The molecule has 0 spiro atoms. The monoisotopic (exact) mass is 437 g/mol. The molecule has 154 valence electrons. The summed E-state index contributed by atoms with van der Waals surface area (Å²) in [5.74, 6) is -0.319. The van der Waals surface area contributed by atoms with Gasteiger partial charge in [-0.1, -0.05) is 24.3 Å². The van der Waals surface area contributed by atoms with Gasteiger partial charge in [0.25, 0.3) is 0 Å². The smallest absolute Gasteiger partial charge is 0.434 e. The van der Waals surface area contributed by atoms with Crippen molar-refractivity contribution < 1.29 is 22.3 Å². The molecule has 0 bridgehead atoms. The molecular formula is C19H12ClF4N5O. The van der Waals surface area contributed by atoms with Crippen LogP contribution in [-0.4, -0.2) is 24.5 Å². The zero-order chi connectivity index (χ0) is 21.5. The third kappa shape index (κ3) is 4.04. The van der Waals surface area contributed by atoms with Crippen LogP contribution in [0, 0.1) is 5.82 Å². The van der Waals surface area contributed by atoms with E-state index in [9.17, 15) is 17.6 Å². The van der Waals surface area contributed by atoms with E-state index in [1.807, 2.05) is 0 Å². The molecule has 0 radical (unpaired) electrons. The molecule has 3 heterocycles. The minimum absolute atomic E-state index is 0.0631. The fourth-order valence-electron chi connectivity index (χ4n) is 2.82. The Bertz CT molecular complexity index is 1220. The Morgan fingerprint density at radius 2 is 1.83 bits per heavy atom. The summed E-state index contributed by atoms with van der Waals surface area (Å²) < 4.78 is 59.0. The first-order valence-electron chi connectivity index (χ1n) is 8.52. The Labute approximate surface area is 172 Å². The first-order valence-corrected chi connectivity index (χ1v) is 8.90. The van der Waals surface area contributed by atoms with E-state index < -0.39 is 17.7 Å². The van der Waals surface area contributed by atoms with Crippen molar-refractivity contribution in [1.29, 1.82) is 0 Å². The van der Waals surface area contributed by atoms with Crippen LogP contribution in [0.5, 0.6) is 5.88 Å². The lowest BCUT2D eigenvalue weighted by atomic mass is 10.1. The lowest BCUT2D eigenvalue weighted by molar-refractivity contribution is -0.140. The van der Waals surface area contributed by atoms with Crippen molar-refractivity contribution in [2.24, 2.45) is 7.05 Å². The molecule has 0 amide bonds. The van der Waals surface area contributed by atoms with E-state index in [0.29, 0.717) is 11.1 Å². The lowest BCUT2D eigenvalue weighted by Gasteiger charge is -2.09. The van der Waals surface area contributed by atoms with Crippen LogP contribution in [-0.2, 0) is 19.8 Å². The molecule has 4 rings (SSSR count). The van der Waals surface area contributed by atoms with Gasteiger partial charge in [-0.25, -0.2) is 14.4 Å². The number of fused-ring (bicyclic) bond motifs is 1. The molecule has 0 aliphatic rings. The third-order valence-electron chi connectivity index (χ3n) is 4.21. The Morgan fingerprint density at radius 3 is 2.50 bits per heavy atom. The predicted molar refractivity (Wildman–Crippen MR) is 100 cm³/mol. The molecule has 0 aliphatic heterocycles. The fourth-order valence-corrected chi connectivity index (χ4v) is 2.97. The van der Waals surface area contributed by atoms with E-state index in [0.717, 1.165) is 12.4 Å². The second kappa shape index (κ2) is 7.52. The van der Waals surface area contributed by atoms with Crippen molar-refractivity contribution in [3.05, 3.63) is 65.1 Å². The number of aryl methyl sites for hydroxylation is 1. The minimum Gasteiger partial charge on any atom is -0.472 e. The standard InChI is InChI=1S/C19H12ClF4N5O/c1-29-8-14(19(22,23)24)26-16(29)11-4-2-10(3-5-11)9-30-17-13-6-12(21)7-25-15(13)27-18(20)28-17/h2-8H,9H2,1H3. The number of pyridine rings is 1. The van der Waals surface area contributed by atoms with E-state index in [4.69, 9.17) is 16.3 Å². The molecule has 11 heteroatoms. The van der Waals surface area contributed by atoms with Gasteiger partial charge in [0, 0.05) is 18.8 Å². The van der Waals surface area contributed by atoms with Crippen molar-refractivity contribution in [1.82, 2.24) is 24.5 Å². The van der Waals surface area contributed by atoms with Crippen molar-refractivity contribution in [2.75, 3.05) is 0 Å². The van der Waals surface area contributed by atoms with Crippen LogP contribution in [0.15, 0.2) is 42.7 Å². The topological polar surface area (TPSA) is 65.7 Å². The summed E-state index contributed by atoms with van der Waals surface area (Å²) in [6.45, 7) is 0.0631. The second-order valence-corrected chi connectivity index (χ2v) is 6.70. The number of benzene rings is 1. The molecule has 3 aromatic heterocycles. The summed E-state index contributed by atoms with van der Waals surface area (Å²) in [7, 11) is 1.49. The van der Waals surface area contributed by atoms with Gasteiger partial charge in [-0.15, -0.1) is 0 Å². The first-order chi connectivity index (χ1) is 14.2. The Hall–Kier alpha value is -3.27. The highest BCUT2D eigenvalue weighted by Gasteiger charge is 2.34. The Kier molecular flexibility index (Phi) is 5.02. The normalized spacial score (nSPS) is 11.8. The number of hydrogen-bond acceptors (Lipinski definition) is 5. The van der Waals surface area contributed by atoms with Gasteiger partial charge in [0.2, 0.25) is 11.2 Å². The van der Waals surface area contributed by atoms with E-state index >= 15 is 0 Å². The van der Waals surface area contributed by atoms with Gasteiger partial charge in [0.1, 0.15) is 18.2 Å². The lowest BCUT2D eigenvalue weighted by Crippen LogP contribution is -2.04. The van der Waals surface area contributed by atoms with Crippen molar-refractivity contribution >= 4 is 22.6 Å². The number of hydrogen-bond donors (Lipinski definition) is 0. The average Bonchev–Trinajstić information content (AvgIpc) is 3.09. The second-order valence-electron chi connectivity index (χ2n) is 6.37. The molecule has 0 aliphatic carbocycles. The van der Waals surface area contributed by atoms with Gasteiger partial charge < -0.3 is 9.30 Å². The molecule has 0 N–H and O–H groups in total. The molecule has 1 aromatic carbocycles. The van der Waals surface area contributed by atoms with E-state index in [-0.39, 0.29) is 34.6 Å². The number of rotatable bonds is 4. The number of aromatic nitrogens is 5. The van der Waals surface area contributed by atoms with Crippen LogP contribution in [0.4, 0.5) is 17.6 Å². The molecule has 4 aromatic rings. The molecule has 30 heavy (non-hydrogen) atoms. The largest absolute Gasteiger partial charge is 0.472 e. The van der Waals surface area contributed by atoms with Crippen LogP contribution >= 0.6 is 11.6 Å². The maximum atomic E-state index is 13.5. The highest BCUT2D eigenvalue weighted by atomic mass is 35.5. The van der Waals surface area contributed by atoms with Crippen LogP contribution in [0.1, 0.15) is 11.3 Å². The van der Waals surface area contributed by atoms with E-state index in [1.165, 1.54) is 17.7 Å². The third-order valence-corrected chi connectivity index (χ3v) is 4.38. The number of halogens is 5. The summed E-state index contributed by atoms with van der Waals surface area (Å²) in [6.07, 6.45) is -2.57. The zero-order valence-electron chi connectivity index (χ0n) is 15.3. The highest BCUT2D eigenvalue weighted by Crippen LogP contribution is 2.31. The molecule has 0 saturated heterocycles. The summed E-state index contributed by atoms with van der Waals surface area (Å²) in [4.78, 5) is 15.4. The van der Waals surface area contributed by atoms with Crippen LogP contribution in [0.25, 0.3) is 22.4 Å². The summed E-state index contributed by atoms with van der Waals surface area (Å²) in [5.41, 5.74) is 0.451. The summed E-state index contributed by atoms with van der Waals surface area (Å²) in [5, 5.41) is 0.172. The Balaban J connectivity index is 1.55. The van der Waals surface area contributed by atoms with Gasteiger partial charge in [0.05, 0.1) is 11.6 Å². The van der Waals surface area contributed by atoms with Crippen LogP contribution < -0.4 is 4.74 Å². The fraction of sp³-hybridized carbons (Fsp3) is 0.158. The number of ether oxygens (including phenoxy) is 1. The van der Waals surface area contributed by atoms with Crippen LogP contribution in [0.3, 0.4) is 0 Å². The maximum Gasteiger partial charge on any atom is 0.434 e. The van der Waals surface area contributed by atoms with Crippen LogP contribution in [0.2, 0.25) is 5.28 Å².